The van der Waals surface area contributed by atoms with Gasteiger partial charge in [0.1, 0.15) is 23.0 Å². The number of carbonyl (C=O) groups is 3. The van der Waals surface area contributed by atoms with Gasteiger partial charge in [0.25, 0.3) is 0 Å². The maximum atomic E-state index is 13.1. The van der Waals surface area contributed by atoms with Crippen molar-refractivity contribution in [3.8, 4) is 23.0 Å². The van der Waals surface area contributed by atoms with Gasteiger partial charge in [-0.15, -0.1) is 0 Å². The smallest absolute Gasteiger partial charge is 0.316 e. The Hall–Kier alpha value is -3.61. The molecule has 0 atom stereocenters. The van der Waals surface area contributed by atoms with Crippen LogP contribution in [0.4, 0.5) is 0 Å². The maximum Gasteiger partial charge on any atom is 0.316 e. The average Bonchev–Trinajstić information content (AvgIpc) is 2.80. The van der Waals surface area contributed by atoms with Gasteiger partial charge in [-0.05, 0) is 106 Å². The molecule has 0 unspecified atom stereocenters. The van der Waals surface area contributed by atoms with Crippen LogP contribution in [0.1, 0.15) is 82.4 Å². The van der Waals surface area contributed by atoms with Gasteiger partial charge in [-0.3, -0.25) is 14.4 Å². The lowest BCUT2D eigenvalue weighted by molar-refractivity contribution is -0.143. The van der Waals surface area contributed by atoms with Gasteiger partial charge in [0.15, 0.2) is 5.78 Å². The summed E-state index contributed by atoms with van der Waals surface area (Å²) >= 11 is 0. The summed E-state index contributed by atoms with van der Waals surface area (Å²) in [5.74, 6) is 0.565. The van der Waals surface area contributed by atoms with Gasteiger partial charge in [0, 0.05) is 16.7 Å². The van der Waals surface area contributed by atoms with Gasteiger partial charge in [0.2, 0.25) is 0 Å². The Morgan fingerprint density at radius 2 is 1.26 bits per heavy atom. The van der Waals surface area contributed by atoms with Crippen molar-refractivity contribution in [1.82, 2.24) is 0 Å². The number of ketones is 1. The van der Waals surface area contributed by atoms with Crippen LogP contribution in [0.3, 0.4) is 0 Å². The number of carbonyl (C=O) groups excluding carboxylic acids is 3. The van der Waals surface area contributed by atoms with Crippen molar-refractivity contribution >= 4 is 23.8 Å². The number of hydrogen-bond acceptors (Lipinski definition) is 7. The predicted molar refractivity (Wildman–Crippen MR) is 148 cm³/mol. The topological polar surface area (TPSA) is 88.1 Å². The highest BCUT2D eigenvalue weighted by atomic mass is 16.5. The monoisotopic (exact) mass is 524 g/mol. The maximum absolute atomic E-state index is 13.1. The predicted octanol–water partition coefficient (Wildman–Crippen LogP) is 6.90. The third kappa shape index (κ3) is 7.46. The third-order valence-electron chi connectivity index (χ3n) is 5.58. The largest absolute Gasteiger partial charge is 0.496 e. The minimum atomic E-state index is -0.751. The number of methoxy groups -OCH3 is 1. The first-order chi connectivity index (χ1) is 17.5. The van der Waals surface area contributed by atoms with Crippen LogP contribution >= 0.6 is 0 Å². The summed E-state index contributed by atoms with van der Waals surface area (Å²) in [6, 6.07) is 6.34. The average molecular weight is 525 g/mol. The molecule has 2 aromatic carbocycles. The van der Waals surface area contributed by atoms with Crippen LogP contribution in [-0.4, -0.2) is 30.9 Å². The fraction of sp³-hybridized carbons (Fsp3) is 0.452. The minimum absolute atomic E-state index is 0.182. The van der Waals surface area contributed by atoms with Crippen LogP contribution in [0, 0.1) is 24.7 Å². The molecule has 0 amide bonds. The van der Waals surface area contributed by atoms with Crippen LogP contribution < -0.4 is 18.9 Å². The highest BCUT2D eigenvalue weighted by Gasteiger charge is 2.29. The lowest BCUT2D eigenvalue weighted by Gasteiger charge is -2.24. The molecule has 2 rings (SSSR count). The van der Waals surface area contributed by atoms with Crippen molar-refractivity contribution in [2.24, 2.45) is 10.8 Å². The number of rotatable bonds is 8. The van der Waals surface area contributed by atoms with Crippen molar-refractivity contribution < 1.29 is 33.3 Å². The van der Waals surface area contributed by atoms with E-state index in [0.29, 0.717) is 33.9 Å². The number of ether oxygens (including phenoxy) is 4. The van der Waals surface area contributed by atoms with Crippen molar-refractivity contribution in [2.75, 3.05) is 7.11 Å². The molecule has 206 valence electrons. The van der Waals surface area contributed by atoms with Crippen LogP contribution in [0.15, 0.2) is 30.3 Å². The second kappa shape index (κ2) is 11.8. The van der Waals surface area contributed by atoms with Crippen molar-refractivity contribution in [3.63, 3.8) is 0 Å². The molecule has 0 radical (unpaired) electrons. The minimum Gasteiger partial charge on any atom is -0.496 e. The molecule has 0 bridgehead atoms. The molecular formula is C31H40O7. The summed E-state index contributed by atoms with van der Waals surface area (Å²) in [7, 11) is 1.55. The second-order valence-electron chi connectivity index (χ2n) is 11.5. The molecule has 0 fully saturated rings. The van der Waals surface area contributed by atoms with E-state index in [9.17, 15) is 14.4 Å². The SMILES string of the molecule is COc1c(C)c(OC(=O)C(C)(C)C)c(C=CC(=O)c2ccc(OC(=O)C(C)(C)C)cc2)c(OC(C)C)c1C. The summed E-state index contributed by atoms with van der Waals surface area (Å²) in [4.78, 5) is 38.1. The van der Waals surface area contributed by atoms with Crippen molar-refractivity contribution in [3.05, 3.63) is 52.6 Å². The first-order valence-corrected chi connectivity index (χ1v) is 12.6. The molecule has 7 heteroatoms. The Morgan fingerprint density at radius 3 is 1.74 bits per heavy atom. The molecular weight excluding hydrogens is 484 g/mol. The molecule has 0 saturated carbocycles. The van der Waals surface area contributed by atoms with E-state index >= 15 is 0 Å². The highest BCUT2D eigenvalue weighted by Crippen LogP contribution is 2.44. The van der Waals surface area contributed by atoms with E-state index in [1.54, 1.807) is 85.9 Å². The number of esters is 2. The van der Waals surface area contributed by atoms with Crippen LogP contribution in [0.5, 0.6) is 23.0 Å². The van der Waals surface area contributed by atoms with E-state index in [2.05, 4.69) is 0 Å². The van der Waals surface area contributed by atoms with E-state index in [1.807, 2.05) is 20.8 Å². The number of allylic oxidation sites excluding steroid dienone is 1. The molecule has 0 saturated heterocycles. The van der Waals surface area contributed by atoms with Gasteiger partial charge in [-0.2, -0.15) is 0 Å². The Morgan fingerprint density at radius 1 is 0.763 bits per heavy atom. The van der Waals surface area contributed by atoms with E-state index in [-0.39, 0.29) is 23.6 Å². The van der Waals surface area contributed by atoms with Crippen LogP contribution in [0.25, 0.3) is 6.08 Å². The summed E-state index contributed by atoms with van der Waals surface area (Å²) < 4.78 is 23.0. The zero-order valence-corrected chi connectivity index (χ0v) is 24.4. The van der Waals surface area contributed by atoms with E-state index in [0.717, 1.165) is 5.56 Å². The van der Waals surface area contributed by atoms with Gasteiger partial charge in [-0.1, -0.05) is 0 Å². The summed E-state index contributed by atoms with van der Waals surface area (Å²) in [6.07, 6.45) is 2.81. The molecule has 0 aliphatic carbocycles. The van der Waals surface area contributed by atoms with Crippen LogP contribution in [0.2, 0.25) is 0 Å². The van der Waals surface area contributed by atoms with E-state index in [4.69, 9.17) is 18.9 Å². The molecule has 0 spiro atoms. The molecule has 0 aliphatic heterocycles. The first kappa shape index (κ1) is 30.6. The van der Waals surface area contributed by atoms with Crippen LogP contribution in [-0.2, 0) is 9.59 Å². The summed E-state index contributed by atoms with van der Waals surface area (Å²) in [6.45, 7) is 18.0. The summed E-state index contributed by atoms with van der Waals surface area (Å²) in [5, 5.41) is 0. The first-order valence-electron chi connectivity index (χ1n) is 12.6. The highest BCUT2D eigenvalue weighted by molar-refractivity contribution is 6.07. The standard InChI is InChI=1S/C31H40O7/c1-18(2)36-26-19(3)25(35-11)20(4)27(38-29(34)31(8,9)10)23(26)16-17-24(32)21-12-14-22(15-13-21)37-28(33)30(5,6)7/h12-18H,1-11H3. The Labute approximate surface area is 226 Å². The molecule has 0 aromatic heterocycles. The molecule has 0 aliphatic rings. The molecule has 0 N–H and O–H groups in total. The van der Waals surface area contributed by atoms with Gasteiger partial charge in [0.05, 0.1) is 29.6 Å². The number of benzene rings is 2. The van der Waals surface area contributed by atoms with Crippen molar-refractivity contribution in [1.29, 1.82) is 0 Å². The lowest BCUT2D eigenvalue weighted by Crippen LogP contribution is -2.26. The van der Waals surface area contributed by atoms with Gasteiger partial charge >= 0.3 is 11.9 Å². The molecule has 38 heavy (non-hydrogen) atoms. The Balaban J connectivity index is 2.53. The van der Waals surface area contributed by atoms with E-state index < -0.39 is 16.8 Å². The van der Waals surface area contributed by atoms with E-state index in [1.165, 1.54) is 6.08 Å². The van der Waals surface area contributed by atoms with Gasteiger partial charge < -0.3 is 18.9 Å². The Bertz CT molecular complexity index is 1220. The summed E-state index contributed by atoms with van der Waals surface area (Å²) in [5.41, 5.74) is 0.825. The molecule has 0 heterocycles. The van der Waals surface area contributed by atoms with Crippen molar-refractivity contribution in [2.45, 2.75) is 75.3 Å². The Kier molecular flexibility index (Phi) is 9.54. The zero-order chi connectivity index (χ0) is 29.0. The van der Waals surface area contributed by atoms with Gasteiger partial charge in [-0.25, -0.2) is 0 Å². The molecule has 2 aromatic rings. The third-order valence-corrected chi connectivity index (χ3v) is 5.58. The lowest BCUT2D eigenvalue weighted by atomic mass is 9.96. The zero-order valence-electron chi connectivity index (χ0n) is 24.4. The fourth-order valence-corrected chi connectivity index (χ4v) is 3.42. The quantitative estimate of drug-likeness (QED) is 0.161. The fourth-order valence-electron chi connectivity index (χ4n) is 3.42. The normalized spacial score (nSPS) is 12.0. The molecule has 7 nitrogen and oxygen atoms in total. The second-order valence-corrected chi connectivity index (χ2v) is 11.5. The number of hydrogen-bond donors (Lipinski definition) is 0.